The topological polar surface area (TPSA) is 139 Å². The minimum Gasteiger partial charge on any atom is -0.497 e. The van der Waals surface area contributed by atoms with Crippen LogP contribution in [0.3, 0.4) is 0 Å². The normalized spacial score (nSPS) is 11.4. The molecule has 7 aromatic rings. The molecule has 0 fully saturated rings. The zero-order chi connectivity index (χ0) is 40.1. The number of hydrogen-bond acceptors (Lipinski definition) is 10. The zero-order valence-corrected chi connectivity index (χ0v) is 29.7. The van der Waals surface area contributed by atoms with Gasteiger partial charge < -0.3 is 27.9 Å². The number of hydrogen-bond donors (Lipinski definition) is 0. The fourth-order valence-corrected chi connectivity index (χ4v) is 5.72. The van der Waals surface area contributed by atoms with E-state index in [9.17, 15) is 17.6 Å². The van der Waals surface area contributed by atoms with Crippen LogP contribution in [0.25, 0.3) is 22.8 Å². The molecule has 0 saturated heterocycles. The van der Waals surface area contributed by atoms with Gasteiger partial charge in [-0.05, 0) is 58.7 Å². The molecule has 0 aliphatic carbocycles. The summed E-state index contributed by atoms with van der Waals surface area (Å²) in [4.78, 5) is 8.12. The highest BCUT2D eigenvalue weighted by atomic mass is 19.4. The van der Waals surface area contributed by atoms with Crippen LogP contribution in [-0.4, -0.2) is 47.7 Å². The number of imidazole rings is 1. The first-order valence-corrected chi connectivity index (χ1v) is 16.9. The van der Waals surface area contributed by atoms with Crippen molar-refractivity contribution in [3.8, 4) is 46.4 Å². The average Bonchev–Trinajstić information content (AvgIpc) is 3.95. The minimum absolute atomic E-state index is 0.00671. The van der Waals surface area contributed by atoms with Crippen LogP contribution < -0.4 is 14.2 Å². The summed E-state index contributed by atoms with van der Waals surface area (Å²) in [6, 6.07) is 20.6. The fraction of sp³-hybridized carbons (Fsp3) is 0.179. The highest BCUT2D eigenvalue weighted by Gasteiger charge is 2.29. The molecule has 0 aliphatic heterocycles. The number of alkyl halides is 3. The van der Waals surface area contributed by atoms with Crippen LogP contribution >= 0.6 is 0 Å². The SMILES string of the molecule is COc1ccc(COc2cc(-c3nnc(Cc4cc(F)c(-c5cccc(OCc6ccc(C#N)cc6F)n5)cc4F)n3Cc3cncn3CC(F)(F)F)on2)cc1. The largest absolute Gasteiger partial charge is 0.497 e. The Labute approximate surface area is 319 Å². The Bertz CT molecular complexity index is 2560. The van der Waals surface area contributed by atoms with E-state index >= 15 is 8.78 Å². The Morgan fingerprint density at radius 1 is 0.842 bits per heavy atom. The molecule has 18 heteroatoms. The van der Waals surface area contributed by atoms with Crippen molar-refractivity contribution in [2.45, 2.75) is 38.9 Å². The van der Waals surface area contributed by atoms with Crippen LogP contribution in [0.5, 0.6) is 17.5 Å². The van der Waals surface area contributed by atoms with Gasteiger partial charge in [-0.1, -0.05) is 24.3 Å². The molecule has 0 radical (unpaired) electrons. The van der Waals surface area contributed by atoms with Crippen molar-refractivity contribution in [1.29, 1.82) is 5.26 Å². The summed E-state index contributed by atoms with van der Waals surface area (Å²) in [7, 11) is 1.55. The highest BCUT2D eigenvalue weighted by molar-refractivity contribution is 5.61. The summed E-state index contributed by atoms with van der Waals surface area (Å²) < 4.78 is 110. The molecule has 0 N–H and O–H groups in total. The van der Waals surface area contributed by atoms with Gasteiger partial charge in [0, 0.05) is 29.8 Å². The predicted octanol–water partition coefficient (Wildman–Crippen LogP) is 7.85. The second-order valence-corrected chi connectivity index (χ2v) is 12.5. The first-order chi connectivity index (χ1) is 27.5. The quantitative estimate of drug-likeness (QED) is 0.100. The number of nitriles is 1. The van der Waals surface area contributed by atoms with Gasteiger partial charge in [-0.15, -0.1) is 10.2 Å². The van der Waals surface area contributed by atoms with Gasteiger partial charge >= 0.3 is 6.18 Å². The fourth-order valence-electron chi connectivity index (χ4n) is 5.72. The summed E-state index contributed by atoms with van der Waals surface area (Å²) in [6.45, 7) is -1.71. The van der Waals surface area contributed by atoms with Crippen LogP contribution in [0.4, 0.5) is 26.3 Å². The van der Waals surface area contributed by atoms with E-state index in [1.807, 2.05) is 6.07 Å². The van der Waals surface area contributed by atoms with E-state index in [2.05, 4.69) is 25.3 Å². The van der Waals surface area contributed by atoms with Crippen LogP contribution in [-0.2, 0) is 32.7 Å². The Morgan fingerprint density at radius 2 is 1.63 bits per heavy atom. The summed E-state index contributed by atoms with van der Waals surface area (Å²) in [5, 5.41) is 21.2. The van der Waals surface area contributed by atoms with Gasteiger partial charge in [-0.25, -0.2) is 23.1 Å². The number of benzene rings is 3. The molecule has 0 saturated carbocycles. The number of methoxy groups -OCH3 is 1. The molecule has 290 valence electrons. The summed E-state index contributed by atoms with van der Waals surface area (Å²) in [6.07, 6.45) is -2.63. The zero-order valence-electron chi connectivity index (χ0n) is 29.7. The van der Waals surface area contributed by atoms with Gasteiger partial charge in [0.1, 0.15) is 48.8 Å². The maximum absolute atomic E-state index is 15.8. The Kier molecular flexibility index (Phi) is 10.9. The molecule has 12 nitrogen and oxygen atoms in total. The lowest BCUT2D eigenvalue weighted by Gasteiger charge is -2.14. The van der Waals surface area contributed by atoms with Gasteiger partial charge in [0.25, 0.3) is 5.88 Å². The van der Waals surface area contributed by atoms with Crippen molar-refractivity contribution in [3.05, 3.63) is 143 Å². The molecule has 0 unspecified atom stereocenters. The number of aromatic nitrogens is 7. The molecule has 0 amide bonds. The van der Waals surface area contributed by atoms with E-state index in [0.29, 0.717) is 5.75 Å². The molecule has 0 spiro atoms. The number of ether oxygens (including phenoxy) is 3. The molecule has 0 bridgehead atoms. The summed E-state index contributed by atoms with van der Waals surface area (Å²) in [5.41, 5.74) is 0.889. The smallest absolute Gasteiger partial charge is 0.406 e. The van der Waals surface area contributed by atoms with Crippen LogP contribution in [0.2, 0.25) is 0 Å². The molecule has 3 aromatic carbocycles. The number of rotatable bonds is 14. The summed E-state index contributed by atoms with van der Waals surface area (Å²) >= 11 is 0. The van der Waals surface area contributed by atoms with Crippen LogP contribution in [0, 0.1) is 28.8 Å². The van der Waals surface area contributed by atoms with E-state index in [-0.39, 0.29) is 89.0 Å². The van der Waals surface area contributed by atoms with Gasteiger partial charge in [0.15, 0.2) is 0 Å². The summed E-state index contributed by atoms with van der Waals surface area (Å²) in [5.74, 6) is -1.48. The standard InChI is InChI=1S/C39H28F6N8O4/c1-54-28-9-6-23(7-10-28)19-55-37-15-34(57-51-37)38-50-49-35(53(38)18-27-17-47-22-52(27)21-39(43,44)45)13-26-12-32(42)29(14-31(26)41)33-3-2-4-36(48-33)56-20-25-8-5-24(16-46)11-30(25)40/h2-12,14-15,17,22H,13,18-21H2,1H3. The molecular formula is C39H28F6N8O4. The van der Waals surface area contributed by atoms with Crippen LogP contribution in [0.15, 0.2) is 95.9 Å². The molecule has 0 atom stereocenters. The Hall–Kier alpha value is -7.16. The van der Waals surface area contributed by atoms with Crippen LogP contribution in [0.1, 0.15) is 33.8 Å². The van der Waals surface area contributed by atoms with Gasteiger partial charge in [0.2, 0.25) is 17.5 Å². The van der Waals surface area contributed by atoms with Gasteiger partial charge in [0.05, 0.1) is 49.1 Å². The monoisotopic (exact) mass is 786 g/mol. The van der Waals surface area contributed by atoms with E-state index in [4.69, 9.17) is 24.0 Å². The lowest BCUT2D eigenvalue weighted by molar-refractivity contribution is -0.141. The molecule has 4 heterocycles. The first kappa shape index (κ1) is 38.1. The van der Waals surface area contributed by atoms with Crippen molar-refractivity contribution in [2.75, 3.05) is 7.11 Å². The van der Waals surface area contributed by atoms with E-state index in [1.165, 1.54) is 47.2 Å². The maximum Gasteiger partial charge on any atom is 0.406 e. The second kappa shape index (κ2) is 16.3. The highest BCUT2D eigenvalue weighted by Crippen LogP contribution is 2.30. The molecule has 4 aromatic heterocycles. The van der Waals surface area contributed by atoms with E-state index in [0.717, 1.165) is 34.7 Å². The van der Waals surface area contributed by atoms with E-state index < -0.39 is 30.2 Å². The molecular weight excluding hydrogens is 758 g/mol. The van der Waals surface area contributed by atoms with Gasteiger partial charge in [-0.3, -0.25) is 0 Å². The van der Waals surface area contributed by atoms with Crippen molar-refractivity contribution < 1.29 is 45.1 Å². The third-order valence-corrected chi connectivity index (χ3v) is 8.59. The molecule has 0 aliphatic rings. The van der Waals surface area contributed by atoms with Crippen molar-refractivity contribution in [1.82, 2.24) is 34.5 Å². The predicted molar refractivity (Wildman–Crippen MR) is 188 cm³/mol. The maximum atomic E-state index is 15.8. The third kappa shape index (κ3) is 9.05. The number of pyridine rings is 1. The van der Waals surface area contributed by atoms with Crippen molar-refractivity contribution >= 4 is 0 Å². The van der Waals surface area contributed by atoms with Gasteiger partial charge in [-0.2, -0.15) is 18.4 Å². The average molecular weight is 787 g/mol. The minimum atomic E-state index is -4.55. The molecule has 57 heavy (non-hydrogen) atoms. The van der Waals surface area contributed by atoms with Crippen molar-refractivity contribution in [2.24, 2.45) is 0 Å². The lowest BCUT2D eigenvalue weighted by atomic mass is 10.0. The molecule has 7 rings (SSSR count). The number of halogens is 6. The lowest BCUT2D eigenvalue weighted by Crippen LogP contribution is -2.20. The third-order valence-electron chi connectivity index (χ3n) is 8.59. The van der Waals surface area contributed by atoms with E-state index in [1.54, 1.807) is 31.4 Å². The Morgan fingerprint density at radius 3 is 2.39 bits per heavy atom. The number of nitrogens with zero attached hydrogens (tertiary/aromatic N) is 8. The Balaban J connectivity index is 1.14. The van der Waals surface area contributed by atoms with Crippen molar-refractivity contribution in [3.63, 3.8) is 0 Å². The first-order valence-electron chi connectivity index (χ1n) is 16.9. The second-order valence-electron chi connectivity index (χ2n) is 12.5.